The number of carbonyl (C=O) groups is 1. The number of anilines is 1. The third-order valence-electron chi connectivity index (χ3n) is 3.39. The predicted octanol–water partition coefficient (Wildman–Crippen LogP) is 0.317. The second kappa shape index (κ2) is 7.21. The van der Waals surface area contributed by atoms with Gasteiger partial charge in [-0.05, 0) is 30.9 Å². The zero-order chi connectivity index (χ0) is 14.4. The van der Waals surface area contributed by atoms with Crippen molar-refractivity contribution in [2.24, 2.45) is 5.73 Å². The first-order valence-electron chi connectivity index (χ1n) is 6.98. The van der Waals surface area contributed by atoms with E-state index in [9.17, 15) is 4.79 Å². The van der Waals surface area contributed by atoms with E-state index in [1.54, 1.807) is 7.11 Å². The van der Waals surface area contributed by atoms with Gasteiger partial charge in [-0.2, -0.15) is 0 Å². The number of methoxy groups -OCH3 is 1. The van der Waals surface area contributed by atoms with E-state index in [4.69, 9.17) is 10.5 Å². The number of hydrogen-bond acceptors (Lipinski definition) is 5. The fourth-order valence-electron chi connectivity index (χ4n) is 2.36. The van der Waals surface area contributed by atoms with Gasteiger partial charge < -0.3 is 21.1 Å². The summed E-state index contributed by atoms with van der Waals surface area (Å²) in [5.74, 6) is 0.175. The molecule has 4 N–H and O–H groups in total. The molecular formula is C14H22N4O2. The van der Waals surface area contributed by atoms with Gasteiger partial charge in [0.05, 0.1) is 12.2 Å². The van der Waals surface area contributed by atoms with Gasteiger partial charge in [-0.15, -0.1) is 0 Å². The molecule has 1 aromatic heterocycles. The smallest absolute Gasteiger partial charge is 0.252 e. The van der Waals surface area contributed by atoms with Crippen LogP contribution in [-0.2, 0) is 17.6 Å². The Morgan fingerprint density at radius 3 is 3.00 bits per heavy atom. The van der Waals surface area contributed by atoms with E-state index in [1.165, 1.54) is 0 Å². The van der Waals surface area contributed by atoms with Gasteiger partial charge in [0.15, 0.2) is 0 Å². The summed E-state index contributed by atoms with van der Waals surface area (Å²) in [7, 11) is 1.67. The molecule has 0 fully saturated rings. The topological polar surface area (TPSA) is 89.3 Å². The van der Waals surface area contributed by atoms with Crippen molar-refractivity contribution in [2.45, 2.75) is 19.3 Å². The van der Waals surface area contributed by atoms with Crippen LogP contribution in [0.4, 0.5) is 5.82 Å². The Bertz CT molecular complexity index is 476. The molecule has 2 rings (SSSR count). The number of nitrogens with two attached hydrogens (primary N) is 1. The second-order valence-electron chi connectivity index (χ2n) is 4.88. The van der Waals surface area contributed by atoms with Gasteiger partial charge in [0, 0.05) is 32.4 Å². The van der Waals surface area contributed by atoms with Crippen LogP contribution in [0.15, 0.2) is 6.07 Å². The Kier molecular flexibility index (Phi) is 5.31. The molecule has 6 nitrogen and oxygen atoms in total. The molecular weight excluding hydrogens is 256 g/mol. The molecule has 1 amide bonds. The predicted molar refractivity (Wildman–Crippen MR) is 78.0 cm³/mol. The van der Waals surface area contributed by atoms with Crippen molar-refractivity contribution in [3.05, 3.63) is 22.9 Å². The van der Waals surface area contributed by atoms with E-state index in [-0.39, 0.29) is 0 Å². The van der Waals surface area contributed by atoms with Crippen LogP contribution in [0.2, 0.25) is 0 Å². The molecule has 1 heterocycles. The number of pyridine rings is 1. The minimum atomic E-state index is -0.429. The lowest BCUT2D eigenvalue weighted by atomic mass is 10.1. The second-order valence-corrected chi connectivity index (χ2v) is 4.88. The lowest BCUT2D eigenvalue weighted by Gasteiger charge is -2.12. The number of aryl methyl sites for hydroxylation is 2. The highest BCUT2D eigenvalue weighted by molar-refractivity contribution is 5.97. The quantitative estimate of drug-likeness (QED) is 0.596. The summed E-state index contributed by atoms with van der Waals surface area (Å²) in [5.41, 5.74) is 8.16. The summed E-state index contributed by atoms with van der Waals surface area (Å²) >= 11 is 0. The van der Waals surface area contributed by atoms with Crippen molar-refractivity contribution in [1.82, 2.24) is 10.3 Å². The minimum absolute atomic E-state index is 0.429. The lowest BCUT2D eigenvalue weighted by molar-refractivity contribution is 0.100. The van der Waals surface area contributed by atoms with Crippen LogP contribution in [-0.4, -0.2) is 44.2 Å². The number of hydrogen-bond donors (Lipinski definition) is 3. The first-order valence-corrected chi connectivity index (χ1v) is 6.98. The summed E-state index contributed by atoms with van der Waals surface area (Å²) in [4.78, 5) is 16.0. The summed E-state index contributed by atoms with van der Waals surface area (Å²) in [5, 5.41) is 6.41. The van der Waals surface area contributed by atoms with Crippen molar-refractivity contribution in [2.75, 3.05) is 38.7 Å². The monoisotopic (exact) mass is 278 g/mol. The van der Waals surface area contributed by atoms with E-state index in [0.29, 0.717) is 24.5 Å². The average Bonchev–Trinajstić information content (AvgIpc) is 2.88. The van der Waals surface area contributed by atoms with Crippen LogP contribution in [0, 0.1) is 0 Å². The Hall–Kier alpha value is -1.66. The maximum absolute atomic E-state index is 11.5. The van der Waals surface area contributed by atoms with E-state index in [0.717, 1.165) is 43.6 Å². The molecule has 0 aliphatic heterocycles. The fourth-order valence-corrected chi connectivity index (χ4v) is 2.36. The van der Waals surface area contributed by atoms with E-state index in [1.807, 2.05) is 6.07 Å². The fraction of sp³-hybridized carbons (Fsp3) is 0.571. The molecule has 0 saturated heterocycles. The Labute approximate surface area is 119 Å². The van der Waals surface area contributed by atoms with Crippen molar-refractivity contribution >= 4 is 11.7 Å². The molecule has 20 heavy (non-hydrogen) atoms. The third-order valence-corrected chi connectivity index (χ3v) is 3.39. The standard InChI is InChI=1S/C14H22N4O2/c1-20-8-7-16-5-6-17-14-11(13(15)19)9-10-3-2-4-12(10)18-14/h9,16H,2-8H2,1H3,(H2,15,19)(H,17,18). The molecule has 0 atom stereocenters. The normalized spacial score (nSPS) is 13.2. The van der Waals surface area contributed by atoms with Crippen LogP contribution in [0.25, 0.3) is 0 Å². The molecule has 0 spiro atoms. The van der Waals surface area contributed by atoms with Crippen molar-refractivity contribution in [1.29, 1.82) is 0 Å². The van der Waals surface area contributed by atoms with Crippen LogP contribution in [0.5, 0.6) is 0 Å². The number of carbonyl (C=O) groups excluding carboxylic acids is 1. The van der Waals surface area contributed by atoms with Crippen LogP contribution in [0.3, 0.4) is 0 Å². The molecule has 1 aliphatic carbocycles. The zero-order valence-corrected chi connectivity index (χ0v) is 11.9. The molecule has 6 heteroatoms. The average molecular weight is 278 g/mol. The van der Waals surface area contributed by atoms with E-state index in [2.05, 4.69) is 15.6 Å². The number of nitrogens with zero attached hydrogens (tertiary/aromatic N) is 1. The lowest BCUT2D eigenvalue weighted by Crippen LogP contribution is -2.26. The van der Waals surface area contributed by atoms with Gasteiger partial charge in [-0.3, -0.25) is 4.79 Å². The maximum Gasteiger partial charge on any atom is 0.252 e. The number of amides is 1. The minimum Gasteiger partial charge on any atom is -0.383 e. The van der Waals surface area contributed by atoms with Gasteiger partial charge in [0.2, 0.25) is 0 Å². The van der Waals surface area contributed by atoms with E-state index >= 15 is 0 Å². The van der Waals surface area contributed by atoms with Gasteiger partial charge >= 0.3 is 0 Å². The first kappa shape index (κ1) is 14.7. The zero-order valence-electron chi connectivity index (χ0n) is 11.9. The van der Waals surface area contributed by atoms with Crippen LogP contribution >= 0.6 is 0 Å². The number of nitrogens with one attached hydrogen (secondary N) is 2. The molecule has 0 saturated carbocycles. The number of aromatic nitrogens is 1. The van der Waals surface area contributed by atoms with Crippen LogP contribution < -0.4 is 16.4 Å². The maximum atomic E-state index is 11.5. The SMILES string of the molecule is COCCNCCNc1nc2c(cc1C(N)=O)CCC2. The first-order chi connectivity index (χ1) is 9.72. The number of ether oxygens (including phenoxy) is 1. The van der Waals surface area contributed by atoms with Crippen molar-refractivity contribution in [3.63, 3.8) is 0 Å². The number of primary amides is 1. The summed E-state index contributed by atoms with van der Waals surface area (Å²) in [6.45, 7) is 2.96. The Balaban J connectivity index is 1.94. The van der Waals surface area contributed by atoms with Crippen LogP contribution in [0.1, 0.15) is 28.0 Å². The highest BCUT2D eigenvalue weighted by atomic mass is 16.5. The van der Waals surface area contributed by atoms with Gasteiger partial charge in [-0.25, -0.2) is 4.98 Å². The summed E-state index contributed by atoms with van der Waals surface area (Å²) < 4.78 is 4.95. The van der Waals surface area contributed by atoms with Gasteiger partial charge in [0.1, 0.15) is 5.82 Å². The molecule has 1 aromatic rings. The largest absolute Gasteiger partial charge is 0.383 e. The number of rotatable bonds is 8. The Morgan fingerprint density at radius 2 is 2.25 bits per heavy atom. The van der Waals surface area contributed by atoms with Crippen molar-refractivity contribution in [3.8, 4) is 0 Å². The molecule has 110 valence electrons. The van der Waals surface area contributed by atoms with Gasteiger partial charge in [-0.1, -0.05) is 0 Å². The summed E-state index contributed by atoms with van der Waals surface area (Å²) in [6, 6.07) is 1.89. The molecule has 1 aliphatic rings. The molecule has 0 aromatic carbocycles. The third kappa shape index (κ3) is 3.68. The molecule has 0 unspecified atom stereocenters. The molecule has 0 radical (unpaired) electrons. The number of fused-ring (bicyclic) bond motifs is 1. The van der Waals surface area contributed by atoms with Gasteiger partial charge in [0.25, 0.3) is 5.91 Å². The highest BCUT2D eigenvalue weighted by Crippen LogP contribution is 2.24. The van der Waals surface area contributed by atoms with E-state index < -0.39 is 5.91 Å². The van der Waals surface area contributed by atoms with Crippen molar-refractivity contribution < 1.29 is 9.53 Å². The highest BCUT2D eigenvalue weighted by Gasteiger charge is 2.18. The molecule has 0 bridgehead atoms. The summed E-state index contributed by atoms with van der Waals surface area (Å²) in [6.07, 6.45) is 3.07. The Morgan fingerprint density at radius 1 is 1.40 bits per heavy atom.